The first kappa shape index (κ1) is 12.2. The molecule has 0 bridgehead atoms. The van der Waals surface area contributed by atoms with Crippen molar-refractivity contribution in [3.63, 3.8) is 0 Å². The van der Waals surface area contributed by atoms with Gasteiger partial charge in [0.1, 0.15) is 9.52 Å². The van der Waals surface area contributed by atoms with Gasteiger partial charge in [-0.2, -0.15) is 5.10 Å². The summed E-state index contributed by atoms with van der Waals surface area (Å²) in [5.41, 5.74) is 13.0. The highest BCUT2D eigenvalue weighted by atomic mass is 127. The Morgan fingerprint density at radius 1 is 1.28 bits per heavy atom. The second-order valence-corrected chi connectivity index (χ2v) is 5.92. The first-order valence-corrected chi connectivity index (χ1v) is 7.28. The van der Waals surface area contributed by atoms with Gasteiger partial charge in [0.2, 0.25) is 0 Å². The van der Waals surface area contributed by atoms with Crippen LogP contribution in [0.1, 0.15) is 31.7 Å². The minimum absolute atomic E-state index is 0.355. The fourth-order valence-electron chi connectivity index (χ4n) is 2.69. The highest BCUT2D eigenvalue weighted by Gasteiger charge is 2.23. The average Bonchev–Trinajstić information content (AvgIpc) is 2.69. The number of nitrogens with zero attached hydrogens (tertiary/aromatic N) is 3. The summed E-state index contributed by atoms with van der Waals surface area (Å²) >= 11 is 2.23. The molecule has 0 amide bonds. The van der Waals surface area contributed by atoms with Crippen molar-refractivity contribution in [2.24, 2.45) is 5.73 Å². The Hall–Kier alpha value is -0.890. The van der Waals surface area contributed by atoms with Crippen LogP contribution < -0.4 is 11.5 Å². The van der Waals surface area contributed by atoms with Gasteiger partial charge in [-0.1, -0.05) is 0 Å². The Bertz CT molecular complexity index is 571. The van der Waals surface area contributed by atoms with Crippen molar-refractivity contribution in [3.8, 4) is 0 Å². The molecule has 1 saturated carbocycles. The van der Waals surface area contributed by atoms with Crippen molar-refractivity contribution in [2.45, 2.75) is 37.8 Å². The second kappa shape index (κ2) is 4.65. The topological polar surface area (TPSA) is 82.8 Å². The van der Waals surface area contributed by atoms with E-state index in [1.165, 1.54) is 0 Å². The Morgan fingerprint density at radius 3 is 2.72 bits per heavy atom. The number of anilines is 1. The lowest BCUT2D eigenvalue weighted by molar-refractivity contribution is 0.310. The molecule has 0 aliphatic heterocycles. The zero-order chi connectivity index (χ0) is 12.7. The molecule has 1 aliphatic rings. The van der Waals surface area contributed by atoms with Gasteiger partial charge in [-0.3, -0.25) is 4.68 Å². The number of rotatable bonds is 1. The van der Waals surface area contributed by atoms with Crippen molar-refractivity contribution >= 4 is 39.3 Å². The van der Waals surface area contributed by atoms with Crippen molar-refractivity contribution < 1.29 is 0 Å². The van der Waals surface area contributed by atoms with Gasteiger partial charge in [-0.05, 0) is 54.3 Å². The standard InChI is InChI=1S/C12H16IN5/c13-11-10-9(5-6-16-12(10)15)18(17-11)8-3-1-7(14)2-4-8/h5-8H,1-4,14H2,(H2,15,16). The molecule has 18 heavy (non-hydrogen) atoms. The lowest BCUT2D eigenvalue weighted by Crippen LogP contribution is -2.28. The molecule has 3 rings (SSSR count). The molecular weight excluding hydrogens is 341 g/mol. The molecule has 6 heteroatoms. The summed E-state index contributed by atoms with van der Waals surface area (Å²) in [6.45, 7) is 0. The predicted octanol–water partition coefficient (Wildman–Crippen LogP) is 2.06. The van der Waals surface area contributed by atoms with Crippen LogP contribution in [0.2, 0.25) is 0 Å². The van der Waals surface area contributed by atoms with E-state index in [0.717, 1.165) is 40.3 Å². The van der Waals surface area contributed by atoms with Crippen molar-refractivity contribution in [1.82, 2.24) is 14.8 Å². The monoisotopic (exact) mass is 357 g/mol. The molecule has 96 valence electrons. The number of nitrogen functional groups attached to an aromatic ring is 1. The molecule has 2 heterocycles. The van der Waals surface area contributed by atoms with E-state index in [1.807, 2.05) is 6.07 Å². The molecule has 5 nitrogen and oxygen atoms in total. The minimum atomic E-state index is 0.355. The van der Waals surface area contributed by atoms with E-state index in [4.69, 9.17) is 11.5 Å². The maximum absolute atomic E-state index is 5.96. The number of hydrogen-bond donors (Lipinski definition) is 2. The molecule has 0 atom stereocenters. The molecule has 0 aromatic carbocycles. The third kappa shape index (κ3) is 1.97. The van der Waals surface area contributed by atoms with Crippen molar-refractivity contribution in [2.75, 3.05) is 5.73 Å². The second-order valence-electron chi connectivity index (χ2n) is 4.89. The number of halogens is 1. The predicted molar refractivity (Wildman–Crippen MR) is 80.1 cm³/mol. The van der Waals surface area contributed by atoms with E-state index in [1.54, 1.807) is 6.20 Å². The van der Waals surface area contributed by atoms with E-state index in [2.05, 4.69) is 37.4 Å². The number of pyridine rings is 1. The van der Waals surface area contributed by atoms with Crippen molar-refractivity contribution in [3.05, 3.63) is 16.0 Å². The highest BCUT2D eigenvalue weighted by Crippen LogP contribution is 2.32. The van der Waals surface area contributed by atoms with Gasteiger partial charge in [0.05, 0.1) is 16.9 Å². The van der Waals surface area contributed by atoms with Gasteiger partial charge in [0, 0.05) is 12.2 Å². The SMILES string of the molecule is Nc1nccc2c1c(I)nn2C1CCC(N)CC1. The van der Waals surface area contributed by atoms with Crippen LogP contribution >= 0.6 is 22.6 Å². The molecule has 1 aliphatic carbocycles. The normalized spacial score (nSPS) is 24.6. The average molecular weight is 357 g/mol. The van der Waals surface area contributed by atoms with E-state index in [-0.39, 0.29) is 0 Å². The highest BCUT2D eigenvalue weighted by molar-refractivity contribution is 14.1. The first-order valence-electron chi connectivity index (χ1n) is 6.20. The summed E-state index contributed by atoms with van der Waals surface area (Å²) in [5, 5.41) is 5.62. The van der Waals surface area contributed by atoms with Crippen LogP contribution in [0.5, 0.6) is 0 Å². The molecule has 1 fully saturated rings. The number of aromatic nitrogens is 3. The van der Waals surface area contributed by atoms with Crippen LogP contribution in [0.25, 0.3) is 10.9 Å². The Labute approximate surface area is 119 Å². The summed E-state index contributed by atoms with van der Waals surface area (Å²) in [6, 6.07) is 2.79. The van der Waals surface area contributed by atoms with Gasteiger partial charge in [-0.15, -0.1) is 0 Å². The van der Waals surface area contributed by atoms with Gasteiger partial charge in [0.25, 0.3) is 0 Å². The number of hydrogen-bond acceptors (Lipinski definition) is 4. The van der Waals surface area contributed by atoms with E-state index in [0.29, 0.717) is 17.9 Å². The Balaban J connectivity index is 2.05. The summed E-state index contributed by atoms with van der Waals surface area (Å²) in [4.78, 5) is 4.14. The van der Waals surface area contributed by atoms with Crippen molar-refractivity contribution in [1.29, 1.82) is 0 Å². The number of fused-ring (bicyclic) bond motifs is 1. The smallest absolute Gasteiger partial charge is 0.135 e. The van der Waals surface area contributed by atoms with Crippen LogP contribution in [-0.2, 0) is 0 Å². The third-order valence-corrected chi connectivity index (χ3v) is 4.45. The fraction of sp³-hybridized carbons (Fsp3) is 0.500. The molecule has 0 radical (unpaired) electrons. The number of nitrogens with two attached hydrogens (primary N) is 2. The molecule has 0 saturated heterocycles. The van der Waals surface area contributed by atoms with Crippen LogP contribution in [0.4, 0.5) is 5.82 Å². The fourth-order valence-corrected chi connectivity index (χ4v) is 3.48. The van der Waals surface area contributed by atoms with Crippen LogP contribution in [0.15, 0.2) is 12.3 Å². The van der Waals surface area contributed by atoms with E-state index < -0.39 is 0 Å². The van der Waals surface area contributed by atoms with Gasteiger partial charge in [-0.25, -0.2) is 4.98 Å². The molecule has 4 N–H and O–H groups in total. The quantitative estimate of drug-likeness (QED) is 0.766. The Morgan fingerprint density at radius 2 is 2.00 bits per heavy atom. The molecular formula is C12H16IN5. The minimum Gasteiger partial charge on any atom is -0.383 e. The first-order chi connectivity index (χ1) is 8.66. The molecule has 2 aromatic heterocycles. The van der Waals surface area contributed by atoms with Crippen LogP contribution in [-0.4, -0.2) is 20.8 Å². The maximum Gasteiger partial charge on any atom is 0.135 e. The lowest BCUT2D eigenvalue weighted by atomic mass is 9.92. The Kier molecular flexibility index (Phi) is 3.14. The van der Waals surface area contributed by atoms with E-state index >= 15 is 0 Å². The molecule has 0 unspecified atom stereocenters. The zero-order valence-corrected chi connectivity index (χ0v) is 12.2. The van der Waals surface area contributed by atoms with E-state index in [9.17, 15) is 0 Å². The summed E-state index contributed by atoms with van der Waals surface area (Å²) in [6.07, 6.45) is 6.08. The largest absolute Gasteiger partial charge is 0.383 e. The van der Waals surface area contributed by atoms with Crippen LogP contribution in [0, 0.1) is 3.70 Å². The summed E-state index contributed by atoms with van der Waals surface area (Å²) in [7, 11) is 0. The maximum atomic E-state index is 5.96. The van der Waals surface area contributed by atoms with Gasteiger partial charge in [0.15, 0.2) is 0 Å². The van der Waals surface area contributed by atoms with Gasteiger partial charge >= 0.3 is 0 Å². The van der Waals surface area contributed by atoms with Crippen LogP contribution in [0.3, 0.4) is 0 Å². The molecule has 0 spiro atoms. The zero-order valence-electron chi connectivity index (χ0n) is 10.0. The van der Waals surface area contributed by atoms with Gasteiger partial charge < -0.3 is 11.5 Å². The third-order valence-electron chi connectivity index (χ3n) is 3.69. The summed E-state index contributed by atoms with van der Waals surface area (Å²) in [5.74, 6) is 0.565. The summed E-state index contributed by atoms with van der Waals surface area (Å²) < 4.78 is 3.05. The lowest BCUT2D eigenvalue weighted by Gasteiger charge is -2.26. The molecule has 2 aromatic rings.